The van der Waals surface area contributed by atoms with Gasteiger partial charge in [-0.1, -0.05) is 0 Å². The Morgan fingerprint density at radius 3 is 2.50 bits per heavy atom. The van der Waals surface area contributed by atoms with Gasteiger partial charge in [0.1, 0.15) is 11.9 Å². The van der Waals surface area contributed by atoms with Gasteiger partial charge in [0.25, 0.3) is 0 Å². The number of nitriles is 1. The van der Waals surface area contributed by atoms with Gasteiger partial charge in [0.05, 0.1) is 11.1 Å². The van der Waals surface area contributed by atoms with Gasteiger partial charge < -0.3 is 5.11 Å². The molecule has 0 heterocycles. The van der Waals surface area contributed by atoms with Crippen LogP contribution in [0.3, 0.4) is 0 Å². The van der Waals surface area contributed by atoms with Crippen molar-refractivity contribution in [2.45, 2.75) is 13.8 Å². The molecule has 0 spiro atoms. The highest BCUT2D eigenvalue weighted by Crippen LogP contribution is 2.20. The van der Waals surface area contributed by atoms with Crippen molar-refractivity contribution < 1.29 is 14.3 Å². The average Bonchev–Trinajstić information content (AvgIpc) is 2.14. The molecule has 0 aliphatic rings. The van der Waals surface area contributed by atoms with Gasteiger partial charge in [-0.3, -0.25) is 0 Å². The van der Waals surface area contributed by atoms with E-state index >= 15 is 0 Å². The molecule has 4 heteroatoms. The van der Waals surface area contributed by atoms with E-state index in [4.69, 9.17) is 10.4 Å². The van der Waals surface area contributed by atoms with E-state index in [1.165, 1.54) is 13.8 Å². The highest BCUT2D eigenvalue weighted by Gasteiger charge is 2.15. The summed E-state index contributed by atoms with van der Waals surface area (Å²) in [5.41, 5.74) is 0.307. The Hall–Kier alpha value is -1.89. The number of halogens is 1. The molecular formula is C10H8FNO2. The van der Waals surface area contributed by atoms with Crippen molar-refractivity contribution in [2.75, 3.05) is 0 Å². The van der Waals surface area contributed by atoms with Gasteiger partial charge in [0.2, 0.25) is 0 Å². The molecule has 0 radical (unpaired) electrons. The van der Waals surface area contributed by atoms with Crippen LogP contribution in [0.1, 0.15) is 27.0 Å². The van der Waals surface area contributed by atoms with Crippen LogP contribution in [0.5, 0.6) is 0 Å². The zero-order chi connectivity index (χ0) is 10.9. The molecule has 1 N–H and O–H groups in total. The summed E-state index contributed by atoms with van der Waals surface area (Å²) in [6.07, 6.45) is 0. The lowest BCUT2D eigenvalue weighted by Crippen LogP contribution is -2.05. The SMILES string of the molecule is Cc1c(C(=O)O)cc(C#N)c(F)c1C. The van der Waals surface area contributed by atoms with Gasteiger partial charge in [0.15, 0.2) is 0 Å². The molecule has 0 aromatic heterocycles. The Balaban J connectivity index is 3.59. The third kappa shape index (κ3) is 1.44. The number of rotatable bonds is 1. The lowest BCUT2D eigenvalue weighted by Gasteiger charge is -2.06. The highest BCUT2D eigenvalue weighted by molar-refractivity contribution is 5.90. The Bertz CT molecular complexity index is 446. The number of carboxylic acid groups (broad SMARTS) is 1. The number of nitrogens with zero attached hydrogens (tertiary/aromatic N) is 1. The number of hydrogen-bond acceptors (Lipinski definition) is 2. The normalized spacial score (nSPS) is 9.57. The minimum absolute atomic E-state index is 0.0274. The Morgan fingerprint density at radius 2 is 2.07 bits per heavy atom. The van der Waals surface area contributed by atoms with Crippen LogP contribution in [0, 0.1) is 31.0 Å². The summed E-state index contributed by atoms with van der Waals surface area (Å²) in [6, 6.07) is 2.68. The fourth-order valence-electron chi connectivity index (χ4n) is 1.19. The molecule has 0 aliphatic heterocycles. The van der Waals surface area contributed by atoms with Crippen LogP contribution < -0.4 is 0 Å². The molecule has 0 unspecified atom stereocenters. The number of carbonyl (C=O) groups is 1. The van der Waals surface area contributed by atoms with Crippen molar-refractivity contribution in [1.29, 1.82) is 5.26 Å². The number of hydrogen-bond donors (Lipinski definition) is 1. The zero-order valence-corrected chi connectivity index (χ0v) is 7.76. The number of aromatic carboxylic acids is 1. The van der Waals surface area contributed by atoms with Crippen molar-refractivity contribution in [3.05, 3.63) is 34.1 Å². The summed E-state index contributed by atoms with van der Waals surface area (Å²) in [6.45, 7) is 2.97. The fraction of sp³-hybridized carbons (Fsp3) is 0.200. The van der Waals surface area contributed by atoms with Crippen molar-refractivity contribution >= 4 is 5.97 Å². The molecule has 0 atom stereocenters. The summed E-state index contributed by atoms with van der Waals surface area (Å²) >= 11 is 0. The maximum Gasteiger partial charge on any atom is 0.336 e. The largest absolute Gasteiger partial charge is 0.478 e. The van der Waals surface area contributed by atoms with E-state index in [1.807, 2.05) is 0 Å². The maximum absolute atomic E-state index is 13.3. The summed E-state index contributed by atoms with van der Waals surface area (Å²) in [7, 11) is 0. The molecule has 1 aromatic carbocycles. The predicted octanol–water partition coefficient (Wildman–Crippen LogP) is 2.01. The van der Waals surface area contributed by atoms with E-state index in [2.05, 4.69) is 0 Å². The standard InChI is InChI=1S/C10H8FNO2/c1-5-6(2)9(11)7(4-12)3-8(5)10(13)14/h3H,1-2H3,(H,13,14). The first kappa shape index (κ1) is 10.2. The Labute approximate surface area is 80.4 Å². The van der Waals surface area contributed by atoms with Crippen LogP contribution in [-0.4, -0.2) is 11.1 Å². The lowest BCUT2D eigenvalue weighted by molar-refractivity contribution is 0.0696. The van der Waals surface area contributed by atoms with E-state index in [-0.39, 0.29) is 16.7 Å². The second-order valence-electron chi connectivity index (χ2n) is 2.95. The highest BCUT2D eigenvalue weighted by atomic mass is 19.1. The van der Waals surface area contributed by atoms with Gasteiger partial charge >= 0.3 is 5.97 Å². The van der Waals surface area contributed by atoms with E-state index in [0.29, 0.717) is 5.56 Å². The van der Waals surface area contributed by atoms with Crippen molar-refractivity contribution in [1.82, 2.24) is 0 Å². The van der Waals surface area contributed by atoms with Gasteiger partial charge in [0, 0.05) is 0 Å². The second-order valence-corrected chi connectivity index (χ2v) is 2.95. The summed E-state index contributed by atoms with van der Waals surface area (Å²) in [4.78, 5) is 10.7. The molecule has 72 valence electrons. The average molecular weight is 193 g/mol. The lowest BCUT2D eigenvalue weighted by atomic mass is 9.99. The molecule has 0 fully saturated rings. The third-order valence-corrected chi connectivity index (χ3v) is 2.17. The molecule has 0 aliphatic carbocycles. The second kappa shape index (κ2) is 3.46. The third-order valence-electron chi connectivity index (χ3n) is 2.17. The molecule has 0 saturated heterocycles. The van der Waals surface area contributed by atoms with Gasteiger partial charge in [-0.2, -0.15) is 5.26 Å². The van der Waals surface area contributed by atoms with Crippen LogP contribution in [-0.2, 0) is 0 Å². The first-order chi connectivity index (χ1) is 6.49. The van der Waals surface area contributed by atoms with Crippen molar-refractivity contribution in [2.24, 2.45) is 0 Å². The topological polar surface area (TPSA) is 61.1 Å². The zero-order valence-electron chi connectivity index (χ0n) is 7.76. The van der Waals surface area contributed by atoms with Crippen LogP contribution in [0.2, 0.25) is 0 Å². The van der Waals surface area contributed by atoms with Crippen LogP contribution in [0.25, 0.3) is 0 Å². The molecule has 1 aromatic rings. The molecule has 14 heavy (non-hydrogen) atoms. The minimum Gasteiger partial charge on any atom is -0.478 e. The maximum atomic E-state index is 13.3. The number of carboxylic acids is 1. The van der Waals surface area contributed by atoms with Gasteiger partial charge in [-0.05, 0) is 31.0 Å². The van der Waals surface area contributed by atoms with Gasteiger partial charge in [-0.25, -0.2) is 9.18 Å². The first-order valence-electron chi connectivity index (χ1n) is 3.92. The summed E-state index contributed by atoms with van der Waals surface area (Å²) < 4.78 is 13.3. The molecule has 0 saturated carbocycles. The molecular weight excluding hydrogens is 185 g/mol. The van der Waals surface area contributed by atoms with E-state index in [9.17, 15) is 9.18 Å². The monoisotopic (exact) mass is 193 g/mol. The Morgan fingerprint density at radius 1 is 1.50 bits per heavy atom. The smallest absolute Gasteiger partial charge is 0.336 e. The van der Waals surface area contributed by atoms with E-state index in [0.717, 1.165) is 6.07 Å². The van der Waals surface area contributed by atoms with E-state index in [1.54, 1.807) is 6.07 Å². The Kier molecular flexibility index (Phi) is 2.52. The van der Waals surface area contributed by atoms with Crippen molar-refractivity contribution in [3.63, 3.8) is 0 Å². The van der Waals surface area contributed by atoms with Crippen LogP contribution >= 0.6 is 0 Å². The molecule has 3 nitrogen and oxygen atoms in total. The molecule has 0 bridgehead atoms. The first-order valence-corrected chi connectivity index (χ1v) is 3.92. The molecule has 1 rings (SSSR count). The van der Waals surface area contributed by atoms with Crippen molar-refractivity contribution in [3.8, 4) is 6.07 Å². The number of benzene rings is 1. The minimum atomic E-state index is -1.15. The quantitative estimate of drug-likeness (QED) is 0.742. The van der Waals surface area contributed by atoms with Crippen LogP contribution in [0.4, 0.5) is 4.39 Å². The predicted molar refractivity (Wildman–Crippen MR) is 47.5 cm³/mol. The fourth-order valence-corrected chi connectivity index (χ4v) is 1.19. The van der Waals surface area contributed by atoms with Gasteiger partial charge in [-0.15, -0.1) is 0 Å². The summed E-state index contributed by atoms with van der Waals surface area (Å²) in [5, 5.41) is 17.3. The van der Waals surface area contributed by atoms with E-state index < -0.39 is 11.8 Å². The summed E-state index contributed by atoms with van der Waals surface area (Å²) in [5.74, 6) is -1.79. The molecule has 0 amide bonds. The van der Waals surface area contributed by atoms with Crippen LogP contribution in [0.15, 0.2) is 6.07 Å².